The zero-order chi connectivity index (χ0) is 14.7. The Labute approximate surface area is 131 Å². The molecule has 0 aromatic heterocycles. The van der Waals surface area contributed by atoms with E-state index in [2.05, 4.69) is 59.1 Å². The van der Waals surface area contributed by atoms with Crippen LogP contribution in [0.25, 0.3) is 0 Å². The molecule has 2 aromatic carbocycles. The first-order chi connectivity index (χ1) is 9.47. The minimum atomic E-state index is -0.813. The molecule has 0 aliphatic carbocycles. The summed E-state index contributed by atoms with van der Waals surface area (Å²) in [4.78, 5) is 0. The standard InChI is InChI=1S/C16H16F2IN/c1-10(12-3-6-14(19)7-4-12)20-11(2)13-5-8-15(17)16(18)9-13/h3-11,20H,1-2H3. The third kappa shape index (κ3) is 3.76. The van der Waals surface area contributed by atoms with Crippen LogP contribution in [0.15, 0.2) is 42.5 Å². The molecule has 0 spiro atoms. The number of benzene rings is 2. The summed E-state index contributed by atoms with van der Waals surface area (Å²) >= 11 is 2.26. The Bertz CT molecular complexity index is 584. The molecule has 0 radical (unpaired) electrons. The summed E-state index contributed by atoms with van der Waals surface area (Å²) in [5.74, 6) is -1.62. The van der Waals surface area contributed by atoms with Crippen LogP contribution >= 0.6 is 22.6 Å². The highest BCUT2D eigenvalue weighted by Gasteiger charge is 2.13. The summed E-state index contributed by atoms with van der Waals surface area (Å²) in [6, 6.07) is 12.3. The van der Waals surface area contributed by atoms with E-state index >= 15 is 0 Å². The Morgan fingerprint density at radius 3 is 2.00 bits per heavy atom. The Hall–Kier alpha value is -1.01. The fourth-order valence-corrected chi connectivity index (χ4v) is 2.46. The number of hydrogen-bond donors (Lipinski definition) is 1. The van der Waals surface area contributed by atoms with Gasteiger partial charge >= 0.3 is 0 Å². The summed E-state index contributed by atoms with van der Waals surface area (Å²) in [7, 11) is 0. The van der Waals surface area contributed by atoms with E-state index < -0.39 is 11.6 Å². The summed E-state index contributed by atoms with van der Waals surface area (Å²) in [5.41, 5.74) is 1.90. The van der Waals surface area contributed by atoms with Crippen molar-refractivity contribution in [2.45, 2.75) is 25.9 Å². The average molecular weight is 387 g/mol. The number of halogens is 3. The highest BCUT2D eigenvalue weighted by atomic mass is 127. The van der Waals surface area contributed by atoms with E-state index in [1.165, 1.54) is 21.3 Å². The maximum atomic E-state index is 13.2. The minimum absolute atomic E-state index is 0.0561. The summed E-state index contributed by atoms with van der Waals surface area (Å²) in [5, 5.41) is 3.39. The lowest BCUT2D eigenvalue weighted by Crippen LogP contribution is -2.22. The maximum absolute atomic E-state index is 13.2. The Kier molecular flexibility index (Phi) is 5.10. The van der Waals surface area contributed by atoms with Gasteiger partial charge in [0.15, 0.2) is 11.6 Å². The van der Waals surface area contributed by atoms with Crippen molar-refractivity contribution in [1.29, 1.82) is 0 Å². The van der Waals surface area contributed by atoms with E-state index in [9.17, 15) is 8.78 Å². The molecule has 2 aromatic rings. The Balaban J connectivity index is 2.08. The predicted molar refractivity (Wildman–Crippen MR) is 85.5 cm³/mol. The molecule has 0 bridgehead atoms. The lowest BCUT2D eigenvalue weighted by atomic mass is 10.0. The molecule has 20 heavy (non-hydrogen) atoms. The summed E-state index contributed by atoms with van der Waals surface area (Å²) in [6.45, 7) is 3.99. The SMILES string of the molecule is CC(NC(C)c1ccc(F)c(F)c1)c1ccc(I)cc1. The van der Waals surface area contributed by atoms with Gasteiger partial charge in [-0.15, -0.1) is 0 Å². The lowest BCUT2D eigenvalue weighted by Gasteiger charge is -2.21. The molecule has 0 saturated heterocycles. The molecule has 1 nitrogen and oxygen atoms in total. The predicted octanol–water partition coefficient (Wildman–Crippen LogP) is 4.98. The monoisotopic (exact) mass is 387 g/mol. The van der Waals surface area contributed by atoms with Gasteiger partial charge in [-0.1, -0.05) is 18.2 Å². The number of rotatable bonds is 4. The van der Waals surface area contributed by atoms with Gasteiger partial charge in [0.2, 0.25) is 0 Å². The van der Waals surface area contributed by atoms with Crippen LogP contribution in [0.3, 0.4) is 0 Å². The zero-order valence-corrected chi connectivity index (χ0v) is 13.5. The highest BCUT2D eigenvalue weighted by Crippen LogP contribution is 2.21. The van der Waals surface area contributed by atoms with Gasteiger partial charge in [0, 0.05) is 15.7 Å². The first-order valence-corrected chi connectivity index (χ1v) is 7.51. The summed E-state index contributed by atoms with van der Waals surface area (Å²) in [6.07, 6.45) is 0. The number of nitrogens with one attached hydrogen (secondary N) is 1. The highest BCUT2D eigenvalue weighted by molar-refractivity contribution is 14.1. The maximum Gasteiger partial charge on any atom is 0.159 e. The van der Waals surface area contributed by atoms with Gasteiger partial charge in [0.25, 0.3) is 0 Å². The van der Waals surface area contributed by atoms with E-state index in [4.69, 9.17) is 0 Å². The van der Waals surface area contributed by atoms with Gasteiger partial charge in [0.1, 0.15) is 0 Å². The smallest absolute Gasteiger partial charge is 0.159 e. The first-order valence-electron chi connectivity index (χ1n) is 6.44. The van der Waals surface area contributed by atoms with Crippen molar-refractivity contribution in [3.05, 3.63) is 68.8 Å². The number of hydrogen-bond acceptors (Lipinski definition) is 1. The van der Waals surface area contributed by atoms with Crippen LogP contribution in [-0.2, 0) is 0 Å². The fourth-order valence-electron chi connectivity index (χ4n) is 2.10. The molecule has 2 unspecified atom stereocenters. The fraction of sp³-hybridized carbons (Fsp3) is 0.250. The molecule has 0 saturated carbocycles. The van der Waals surface area contributed by atoms with Crippen LogP contribution in [-0.4, -0.2) is 0 Å². The normalized spacial score (nSPS) is 14.1. The molecule has 0 aliphatic heterocycles. The molecule has 2 rings (SSSR count). The van der Waals surface area contributed by atoms with Gasteiger partial charge in [-0.2, -0.15) is 0 Å². The van der Waals surface area contributed by atoms with Crippen LogP contribution in [0.1, 0.15) is 37.1 Å². The van der Waals surface area contributed by atoms with Crippen LogP contribution < -0.4 is 5.32 Å². The Morgan fingerprint density at radius 2 is 1.40 bits per heavy atom. The third-order valence-corrected chi connectivity index (χ3v) is 4.03. The largest absolute Gasteiger partial charge is 0.304 e. The minimum Gasteiger partial charge on any atom is -0.304 e. The second-order valence-electron chi connectivity index (χ2n) is 4.84. The quantitative estimate of drug-likeness (QED) is 0.730. The van der Waals surface area contributed by atoms with Crippen molar-refractivity contribution in [2.24, 2.45) is 0 Å². The summed E-state index contributed by atoms with van der Waals surface area (Å²) < 4.78 is 27.4. The Morgan fingerprint density at radius 1 is 0.850 bits per heavy atom. The molecule has 0 heterocycles. The van der Waals surface area contributed by atoms with Crippen molar-refractivity contribution < 1.29 is 8.78 Å². The van der Waals surface area contributed by atoms with Crippen LogP contribution in [0, 0.1) is 15.2 Å². The molecular formula is C16H16F2IN. The van der Waals surface area contributed by atoms with E-state index in [1.54, 1.807) is 6.07 Å². The molecule has 4 heteroatoms. The van der Waals surface area contributed by atoms with Gasteiger partial charge in [-0.05, 0) is 71.8 Å². The van der Waals surface area contributed by atoms with Crippen LogP contribution in [0.2, 0.25) is 0 Å². The molecule has 2 atom stereocenters. The second-order valence-corrected chi connectivity index (χ2v) is 6.08. The van der Waals surface area contributed by atoms with Crippen molar-refractivity contribution >= 4 is 22.6 Å². The van der Waals surface area contributed by atoms with Gasteiger partial charge in [0.05, 0.1) is 0 Å². The zero-order valence-electron chi connectivity index (χ0n) is 11.3. The van der Waals surface area contributed by atoms with Crippen molar-refractivity contribution in [3.63, 3.8) is 0 Å². The third-order valence-electron chi connectivity index (χ3n) is 3.31. The molecule has 0 aliphatic rings. The van der Waals surface area contributed by atoms with Crippen LogP contribution in [0.4, 0.5) is 8.78 Å². The van der Waals surface area contributed by atoms with E-state index in [-0.39, 0.29) is 12.1 Å². The van der Waals surface area contributed by atoms with E-state index in [0.29, 0.717) is 0 Å². The van der Waals surface area contributed by atoms with Crippen molar-refractivity contribution in [2.75, 3.05) is 0 Å². The molecule has 106 valence electrons. The lowest BCUT2D eigenvalue weighted by molar-refractivity contribution is 0.480. The van der Waals surface area contributed by atoms with E-state index in [0.717, 1.165) is 5.56 Å². The topological polar surface area (TPSA) is 12.0 Å². The molecule has 0 fully saturated rings. The average Bonchev–Trinajstić information content (AvgIpc) is 2.42. The molecule has 1 N–H and O–H groups in total. The van der Waals surface area contributed by atoms with Crippen molar-refractivity contribution in [3.8, 4) is 0 Å². The van der Waals surface area contributed by atoms with Crippen LogP contribution in [0.5, 0.6) is 0 Å². The van der Waals surface area contributed by atoms with Gasteiger partial charge < -0.3 is 5.32 Å². The first kappa shape index (κ1) is 15.4. The molecule has 0 amide bonds. The van der Waals surface area contributed by atoms with Gasteiger partial charge in [-0.3, -0.25) is 0 Å². The second kappa shape index (κ2) is 6.63. The van der Waals surface area contributed by atoms with Crippen molar-refractivity contribution in [1.82, 2.24) is 5.32 Å². The van der Waals surface area contributed by atoms with E-state index in [1.807, 2.05) is 6.92 Å². The van der Waals surface area contributed by atoms with Gasteiger partial charge in [-0.25, -0.2) is 8.78 Å². The molecular weight excluding hydrogens is 371 g/mol.